The predicted molar refractivity (Wildman–Crippen MR) is 74.1 cm³/mol. The van der Waals surface area contributed by atoms with Gasteiger partial charge in [-0.2, -0.15) is 0 Å². The summed E-state index contributed by atoms with van der Waals surface area (Å²) < 4.78 is 13.4. The standard InChI is InChI=1S/C14H18ClFN2O/c1-9-6-11(12(15)7-13(9)16)14(19)18-5-3-4-10(8-18)17-2/h6-7,10,17H,3-5,8H2,1-2H3/t10-/m0/s1. The number of nitrogens with zero attached hydrogens (tertiary/aromatic N) is 1. The highest BCUT2D eigenvalue weighted by atomic mass is 35.5. The van der Waals surface area contributed by atoms with Gasteiger partial charge in [0.05, 0.1) is 10.6 Å². The third kappa shape index (κ3) is 3.07. The van der Waals surface area contributed by atoms with Crippen LogP contribution >= 0.6 is 11.6 Å². The lowest BCUT2D eigenvalue weighted by atomic mass is 10.0. The van der Waals surface area contributed by atoms with Crippen molar-refractivity contribution >= 4 is 17.5 Å². The van der Waals surface area contributed by atoms with Crippen molar-refractivity contribution in [3.05, 3.63) is 34.1 Å². The number of likely N-dealkylation sites (N-methyl/N-ethyl adjacent to an activating group) is 1. The smallest absolute Gasteiger partial charge is 0.255 e. The highest BCUT2D eigenvalue weighted by Crippen LogP contribution is 2.23. The Morgan fingerprint density at radius 1 is 1.53 bits per heavy atom. The van der Waals surface area contributed by atoms with Gasteiger partial charge in [-0.25, -0.2) is 4.39 Å². The lowest BCUT2D eigenvalue weighted by Crippen LogP contribution is -2.47. The fourth-order valence-corrected chi connectivity index (χ4v) is 2.62. The van der Waals surface area contributed by atoms with Crippen LogP contribution in [0.3, 0.4) is 0 Å². The molecule has 0 unspecified atom stereocenters. The van der Waals surface area contributed by atoms with Gasteiger partial charge in [0.25, 0.3) is 5.91 Å². The van der Waals surface area contributed by atoms with Crippen molar-refractivity contribution < 1.29 is 9.18 Å². The lowest BCUT2D eigenvalue weighted by molar-refractivity contribution is 0.0698. The van der Waals surface area contributed by atoms with Crippen molar-refractivity contribution in [2.45, 2.75) is 25.8 Å². The van der Waals surface area contributed by atoms with Crippen LogP contribution in [-0.2, 0) is 0 Å². The van der Waals surface area contributed by atoms with E-state index in [2.05, 4.69) is 5.32 Å². The number of carbonyl (C=O) groups excluding carboxylic acids is 1. The van der Waals surface area contributed by atoms with Gasteiger partial charge in [0.15, 0.2) is 0 Å². The molecule has 1 aliphatic heterocycles. The predicted octanol–water partition coefficient (Wildman–Crippen LogP) is 2.61. The zero-order valence-corrected chi connectivity index (χ0v) is 11.9. The first-order chi connectivity index (χ1) is 9.02. The fourth-order valence-electron chi connectivity index (χ4n) is 2.39. The van der Waals surface area contributed by atoms with E-state index in [0.29, 0.717) is 23.7 Å². The van der Waals surface area contributed by atoms with E-state index in [9.17, 15) is 9.18 Å². The summed E-state index contributed by atoms with van der Waals surface area (Å²) in [5, 5.41) is 3.37. The molecule has 1 aromatic carbocycles. The first-order valence-electron chi connectivity index (χ1n) is 6.45. The SMILES string of the molecule is CN[C@H]1CCCN(C(=O)c2cc(C)c(F)cc2Cl)C1. The number of hydrogen-bond donors (Lipinski definition) is 1. The number of hydrogen-bond acceptors (Lipinski definition) is 2. The topological polar surface area (TPSA) is 32.3 Å². The van der Waals surface area contributed by atoms with E-state index in [4.69, 9.17) is 11.6 Å². The van der Waals surface area contributed by atoms with Crippen LogP contribution in [0.25, 0.3) is 0 Å². The zero-order valence-electron chi connectivity index (χ0n) is 11.2. The number of nitrogens with one attached hydrogen (secondary N) is 1. The minimum atomic E-state index is -0.381. The van der Waals surface area contributed by atoms with E-state index < -0.39 is 0 Å². The van der Waals surface area contributed by atoms with E-state index in [1.165, 1.54) is 12.1 Å². The Morgan fingerprint density at radius 3 is 2.95 bits per heavy atom. The molecule has 2 rings (SSSR count). The van der Waals surface area contributed by atoms with Gasteiger partial charge in [-0.05, 0) is 44.5 Å². The number of benzene rings is 1. The van der Waals surface area contributed by atoms with Crippen LogP contribution in [0.15, 0.2) is 12.1 Å². The maximum atomic E-state index is 13.4. The molecule has 5 heteroatoms. The Morgan fingerprint density at radius 2 is 2.26 bits per heavy atom. The molecule has 1 aliphatic rings. The molecule has 0 spiro atoms. The maximum Gasteiger partial charge on any atom is 0.255 e. The second-order valence-corrected chi connectivity index (χ2v) is 5.37. The van der Waals surface area contributed by atoms with Gasteiger partial charge in [0.2, 0.25) is 0 Å². The van der Waals surface area contributed by atoms with Crippen LogP contribution in [0, 0.1) is 12.7 Å². The molecule has 1 atom stereocenters. The molecule has 1 fully saturated rings. The summed E-state index contributed by atoms with van der Waals surface area (Å²) in [6.07, 6.45) is 2.03. The van der Waals surface area contributed by atoms with Gasteiger partial charge in [-0.3, -0.25) is 4.79 Å². The molecular weight excluding hydrogens is 267 g/mol. The Bertz CT molecular complexity index is 493. The van der Waals surface area contributed by atoms with Crippen molar-refractivity contribution in [1.82, 2.24) is 10.2 Å². The van der Waals surface area contributed by atoms with Gasteiger partial charge in [0, 0.05) is 19.1 Å². The van der Waals surface area contributed by atoms with E-state index in [1.807, 2.05) is 7.05 Å². The summed E-state index contributed by atoms with van der Waals surface area (Å²) in [5.74, 6) is -0.499. The van der Waals surface area contributed by atoms with Crippen molar-refractivity contribution in [2.24, 2.45) is 0 Å². The molecule has 1 N–H and O–H groups in total. The van der Waals surface area contributed by atoms with Gasteiger partial charge >= 0.3 is 0 Å². The maximum absolute atomic E-state index is 13.4. The summed E-state index contributed by atoms with van der Waals surface area (Å²) in [6, 6.07) is 3.06. The zero-order chi connectivity index (χ0) is 14.0. The lowest BCUT2D eigenvalue weighted by Gasteiger charge is -2.32. The van der Waals surface area contributed by atoms with Crippen LogP contribution in [0.1, 0.15) is 28.8 Å². The number of halogens is 2. The van der Waals surface area contributed by atoms with Gasteiger partial charge < -0.3 is 10.2 Å². The minimum Gasteiger partial charge on any atom is -0.337 e. The average Bonchev–Trinajstić information content (AvgIpc) is 2.42. The highest BCUT2D eigenvalue weighted by molar-refractivity contribution is 6.33. The Hall–Kier alpha value is -1.13. The van der Waals surface area contributed by atoms with Crippen LogP contribution in [0.4, 0.5) is 4.39 Å². The summed E-state index contributed by atoms with van der Waals surface area (Å²) in [5.41, 5.74) is 0.826. The molecule has 0 aromatic heterocycles. The second-order valence-electron chi connectivity index (χ2n) is 4.96. The number of amides is 1. The Kier molecular flexibility index (Phi) is 4.42. The number of piperidine rings is 1. The number of aryl methyl sites for hydroxylation is 1. The molecule has 0 radical (unpaired) electrons. The van der Waals surface area contributed by atoms with Crippen LogP contribution in [0.5, 0.6) is 0 Å². The molecule has 104 valence electrons. The number of carbonyl (C=O) groups is 1. The molecular formula is C14H18ClFN2O. The van der Waals surface area contributed by atoms with Crippen LogP contribution in [0.2, 0.25) is 5.02 Å². The number of likely N-dealkylation sites (tertiary alicyclic amines) is 1. The average molecular weight is 285 g/mol. The normalized spacial score (nSPS) is 19.6. The van der Waals surface area contributed by atoms with Crippen molar-refractivity contribution in [3.8, 4) is 0 Å². The van der Waals surface area contributed by atoms with Crippen molar-refractivity contribution in [1.29, 1.82) is 0 Å². The summed E-state index contributed by atoms with van der Waals surface area (Å²) >= 11 is 5.98. The Labute approximate surface area is 117 Å². The first kappa shape index (κ1) is 14.3. The third-order valence-corrected chi connectivity index (χ3v) is 3.91. The minimum absolute atomic E-state index is 0.118. The van der Waals surface area contributed by atoms with Crippen molar-refractivity contribution in [3.63, 3.8) is 0 Å². The monoisotopic (exact) mass is 284 g/mol. The molecule has 1 saturated heterocycles. The molecule has 19 heavy (non-hydrogen) atoms. The van der Waals surface area contributed by atoms with Gasteiger partial charge in [-0.1, -0.05) is 11.6 Å². The van der Waals surface area contributed by atoms with Gasteiger partial charge in [0.1, 0.15) is 5.82 Å². The van der Waals surface area contributed by atoms with E-state index in [1.54, 1.807) is 11.8 Å². The van der Waals surface area contributed by atoms with Crippen LogP contribution in [-0.4, -0.2) is 37.0 Å². The molecule has 0 aliphatic carbocycles. The highest BCUT2D eigenvalue weighted by Gasteiger charge is 2.25. The second kappa shape index (κ2) is 5.88. The first-order valence-corrected chi connectivity index (χ1v) is 6.83. The fraction of sp³-hybridized carbons (Fsp3) is 0.500. The molecule has 1 amide bonds. The molecule has 1 heterocycles. The Balaban J connectivity index is 2.22. The summed E-state index contributed by atoms with van der Waals surface area (Å²) in [7, 11) is 1.90. The molecule has 1 aromatic rings. The third-order valence-electron chi connectivity index (χ3n) is 3.60. The van der Waals surface area contributed by atoms with E-state index >= 15 is 0 Å². The number of rotatable bonds is 2. The van der Waals surface area contributed by atoms with Gasteiger partial charge in [-0.15, -0.1) is 0 Å². The molecule has 0 saturated carbocycles. The quantitative estimate of drug-likeness (QED) is 0.905. The van der Waals surface area contributed by atoms with Crippen molar-refractivity contribution in [2.75, 3.05) is 20.1 Å². The molecule has 3 nitrogen and oxygen atoms in total. The van der Waals surface area contributed by atoms with E-state index in [0.717, 1.165) is 19.4 Å². The summed E-state index contributed by atoms with van der Waals surface area (Å²) in [4.78, 5) is 14.2. The van der Waals surface area contributed by atoms with E-state index in [-0.39, 0.29) is 16.7 Å². The van der Waals surface area contributed by atoms with Crippen LogP contribution < -0.4 is 5.32 Å². The summed E-state index contributed by atoms with van der Waals surface area (Å²) in [6.45, 7) is 3.03. The largest absolute Gasteiger partial charge is 0.337 e. The molecule has 0 bridgehead atoms.